The number of nitrogens with two attached hydrogens (primary N) is 2. The Morgan fingerprint density at radius 1 is 1.26 bits per heavy atom. The molecule has 12 nitrogen and oxygen atoms in total. The number of methoxy groups -OCH3 is 1. The molecule has 4 rings (SSSR count). The molecule has 13 heteroatoms. The van der Waals surface area contributed by atoms with Crippen molar-refractivity contribution in [1.82, 2.24) is 25.0 Å². The molecule has 0 unspecified atom stereocenters. The first-order valence-electron chi connectivity index (χ1n) is 11.2. The Kier molecular flexibility index (Phi) is 7.67. The largest absolute Gasteiger partial charge is 0.474 e. The number of carbonyl (C=O) groups is 1. The smallest absolute Gasteiger partial charge is 0.252 e. The fourth-order valence-electron chi connectivity index (χ4n) is 3.87. The van der Waals surface area contributed by atoms with Gasteiger partial charge in [-0.3, -0.25) is 4.79 Å². The van der Waals surface area contributed by atoms with Gasteiger partial charge in [-0.2, -0.15) is 0 Å². The summed E-state index contributed by atoms with van der Waals surface area (Å²) in [5.74, 6) is -1.16. The molecule has 1 aliphatic rings. The van der Waals surface area contributed by atoms with Gasteiger partial charge in [-0.15, -0.1) is 5.10 Å². The Morgan fingerprint density at radius 2 is 2.09 bits per heavy atom. The maximum Gasteiger partial charge on any atom is 0.252 e. The molecule has 1 aliphatic carbocycles. The number of nitrogens with one attached hydrogen (secondary N) is 2. The Hall–Kier alpha value is -3.84. The van der Waals surface area contributed by atoms with Crippen molar-refractivity contribution in [2.75, 3.05) is 31.0 Å². The van der Waals surface area contributed by atoms with Gasteiger partial charge in [-0.1, -0.05) is 18.1 Å². The minimum absolute atomic E-state index is 0.0103. The van der Waals surface area contributed by atoms with E-state index in [1.807, 2.05) is 0 Å². The monoisotopic (exact) mass is 485 g/mol. The second kappa shape index (κ2) is 11.1. The number of halogens is 1. The van der Waals surface area contributed by atoms with Gasteiger partial charge in [0.05, 0.1) is 36.4 Å². The van der Waals surface area contributed by atoms with Gasteiger partial charge in [0.1, 0.15) is 18.1 Å². The van der Waals surface area contributed by atoms with Crippen molar-refractivity contribution >= 4 is 23.2 Å². The second-order valence-corrected chi connectivity index (χ2v) is 8.14. The van der Waals surface area contributed by atoms with E-state index in [1.54, 1.807) is 19.4 Å². The molecule has 1 amide bonds. The maximum atomic E-state index is 14.8. The standard InChI is InChI=1S/C22H28FN9O3/c1-34-8-9-35-22-18(32-7-6-27-31-32)10-13(12-26-22)28-20-14(19(25)33)11-15(23)21(30-20)29-17-5-3-2-4-16(17)24/h6-7,10-12,16-17H,2-5,8-9,24H2,1H3,(H2,25,33)(H2,28,29,30)/t16-,17+/m0/s1. The summed E-state index contributed by atoms with van der Waals surface area (Å²) < 4.78 is 27.0. The topological polar surface area (TPSA) is 168 Å². The summed E-state index contributed by atoms with van der Waals surface area (Å²) in [6, 6.07) is 2.51. The molecule has 3 aromatic heterocycles. The highest BCUT2D eigenvalue weighted by atomic mass is 19.1. The molecule has 186 valence electrons. The lowest BCUT2D eigenvalue weighted by Crippen LogP contribution is -2.43. The summed E-state index contributed by atoms with van der Waals surface area (Å²) >= 11 is 0. The molecule has 3 aromatic rings. The minimum Gasteiger partial charge on any atom is -0.474 e. The lowest BCUT2D eigenvalue weighted by Gasteiger charge is -2.30. The van der Waals surface area contributed by atoms with Crippen LogP contribution in [0, 0.1) is 5.82 Å². The summed E-state index contributed by atoms with van der Waals surface area (Å²) in [6.45, 7) is 0.655. The van der Waals surface area contributed by atoms with Crippen LogP contribution in [0.1, 0.15) is 36.0 Å². The molecule has 1 saturated carbocycles. The first kappa shape index (κ1) is 24.3. The van der Waals surface area contributed by atoms with E-state index in [0.717, 1.165) is 31.7 Å². The molecule has 0 bridgehead atoms. The van der Waals surface area contributed by atoms with Crippen molar-refractivity contribution in [2.24, 2.45) is 11.5 Å². The molecule has 0 saturated heterocycles. The van der Waals surface area contributed by atoms with Crippen molar-refractivity contribution in [1.29, 1.82) is 0 Å². The molecule has 0 aliphatic heterocycles. The number of nitrogens with zero attached hydrogens (tertiary/aromatic N) is 5. The second-order valence-electron chi connectivity index (χ2n) is 8.14. The average Bonchev–Trinajstić information content (AvgIpc) is 3.38. The molecule has 0 radical (unpaired) electrons. The van der Waals surface area contributed by atoms with Gasteiger partial charge in [0.2, 0.25) is 5.88 Å². The lowest BCUT2D eigenvalue weighted by atomic mass is 9.91. The number of amides is 1. The van der Waals surface area contributed by atoms with E-state index in [-0.39, 0.29) is 35.9 Å². The van der Waals surface area contributed by atoms with Crippen LogP contribution in [0.15, 0.2) is 30.7 Å². The van der Waals surface area contributed by atoms with Crippen molar-refractivity contribution in [3.63, 3.8) is 0 Å². The van der Waals surface area contributed by atoms with E-state index in [2.05, 4.69) is 30.9 Å². The summed E-state index contributed by atoms with van der Waals surface area (Å²) in [6.07, 6.45) is 8.31. The van der Waals surface area contributed by atoms with E-state index >= 15 is 0 Å². The molecular formula is C22H28FN9O3. The number of rotatable bonds is 10. The highest BCUT2D eigenvalue weighted by Crippen LogP contribution is 2.29. The summed E-state index contributed by atoms with van der Waals surface area (Å²) in [7, 11) is 1.57. The first-order valence-corrected chi connectivity index (χ1v) is 11.2. The molecule has 6 N–H and O–H groups in total. The first-order chi connectivity index (χ1) is 17.0. The van der Waals surface area contributed by atoms with E-state index < -0.39 is 11.7 Å². The predicted octanol–water partition coefficient (Wildman–Crippen LogP) is 1.75. The Labute approximate surface area is 201 Å². The van der Waals surface area contributed by atoms with E-state index in [4.69, 9.17) is 20.9 Å². The van der Waals surface area contributed by atoms with Gasteiger partial charge in [-0.25, -0.2) is 19.0 Å². The molecule has 0 spiro atoms. The molecule has 1 fully saturated rings. The highest BCUT2D eigenvalue weighted by Gasteiger charge is 2.24. The van der Waals surface area contributed by atoms with Crippen molar-refractivity contribution < 1.29 is 18.7 Å². The quantitative estimate of drug-likeness (QED) is 0.310. The van der Waals surface area contributed by atoms with Gasteiger partial charge in [0.15, 0.2) is 11.6 Å². The number of aromatic nitrogens is 5. The van der Waals surface area contributed by atoms with Crippen LogP contribution in [-0.2, 0) is 4.74 Å². The fraction of sp³-hybridized carbons (Fsp3) is 0.409. The van der Waals surface area contributed by atoms with Gasteiger partial charge in [-0.05, 0) is 25.0 Å². The van der Waals surface area contributed by atoms with Crippen molar-refractivity contribution in [3.05, 3.63) is 42.1 Å². The number of hydrogen-bond acceptors (Lipinski definition) is 10. The Balaban J connectivity index is 1.65. The van der Waals surface area contributed by atoms with Crippen LogP contribution in [0.5, 0.6) is 5.88 Å². The SMILES string of the molecule is COCCOc1ncc(Nc2nc(N[C@@H]3CCCC[C@@H]3N)c(F)cc2C(N)=O)cc1-n1ccnn1. The van der Waals surface area contributed by atoms with Gasteiger partial charge in [0, 0.05) is 19.2 Å². The number of carbonyl (C=O) groups excluding carboxylic acids is 1. The average molecular weight is 486 g/mol. The normalized spacial score (nSPS) is 17.7. The number of pyridine rings is 2. The molecule has 3 heterocycles. The zero-order chi connectivity index (χ0) is 24.8. The van der Waals surface area contributed by atoms with Crippen LogP contribution in [0.4, 0.5) is 21.7 Å². The van der Waals surface area contributed by atoms with Crippen LogP contribution in [0.3, 0.4) is 0 Å². The van der Waals surface area contributed by atoms with Gasteiger partial charge in [0.25, 0.3) is 5.91 Å². The van der Waals surface area contributed by atoms with E-state index in [0.29, 0.717) is 23.9 Å². The van der Waals surface area contributed by atoms with Crippen LogP contribution in [-0.4, -0.2) is 63.3 Å². The summed E-state index contributed by atoms with van der Waals surface area (Å²) in [5, 5.41) is 13.9. The minimum atomic E-state index is -0.830. The van der Waals surface area contributed by atoms with Crippen LogP contribution in [0.25, 0.3) is 5.69 Å². The van der Waals surface area contributed by atoms with Crippen molar-refractivity contribution in [2.45, 2.75) is 37.8 Å². The van der Waals surface area contributed by atoms with Crippen LogP contribution >= 0.6 is 0 Å². The number of anilines is 3. The molecule has 0 aromatic carbocycles. The van der Waals surface area contributed by atoms with Crippen molar-refractivity contribution in [3.8, 4) is 11.6 Å². The third-order valence-corrected chi connectivity index (χ3v) is 5.67. The maximum absolute atomic E-state index is 14.8. The predicted molar refractivity (Wildman–Crippen MR) is 126 cm³/mol. The number of primary amides is 1. The third-order valence-electron chi connectivity index (χ3n) is 5.67. The number of hydrogen-bond donors (Lipinski definition) is 4. The van der Waals surface area contributed by atoms with Crippen LogP contribution < -0.4 is 26.8 Å². The Bertz CT molecular complexity index is 1160. The number of ether oxygens (including phenoxy) is 2. The Morgan fingerprint density at radius 3 is 2.80 bits per heavy atom. The van der Waals surface area contributed by atoms with Crippen LogP contribution in [0.2, 0.25) is 0 Å². The van der Waals surface area contributed by atoms with Gasteiger partial charge >= 0.3 is 0 Å². The lowest BCUT2D eigenvalue weighted by molar-refractivity contribution is 0.100. The zero-order valence-corrected chi connectivity index (χ0v) is 19.3. The molecular weight excluding hydrogens is 457 g/mol. The fourth-order valence-corrected chi connectivity index (χ4v) is 3.87. The molecule has 35 heavy (non-hydrogen) atoms. The van der Waals surface area contributed by atoms with Gasteiger partial charge < -0.3 is 31.6 Å². The molecule has 2 atom stereocenters. The zero-order valence-electron chi connectivity index (χ0n) is 19.3. The highest BCUT2D eigenvalue weighted by molar-refractivity contribution is 5.98. The summed E-state index contributed by atoms with van der Waals surface area (Å²) in [4.78, 5) is 20.7. The van der Waals surface area contributed by atoms with E-state index in [9.17, 15) is 9.18 Å². The summed E-state index contributed by atoms with van der Waals surface area (Å²) in [5.41, 5.74) is 12.5. The van der Waals surface area contributed by atoms with E-state index in [1.165, 1.54) is 17.1 Å². The third kappa shape index (κ3) is 5.81.